The maximum atomic E-state index is 5.84. The van der Waals surface area contributed by atoms with Gasteiger partial charge >= 0.3 is 0 Å². The van der Waals surface area contributed by atoms with Crippen LogP contribution in [0, 0.1) is 0 Å². The Labute approximate surface area is 144 Å². The van der Waals surface area contributed by atoms with Crippen LogP contribution in [0.2, 0.25) is 0 Å². The number of hydrogen-bond acceptors (Lipinski definition) is 4. The van der Waals surface area contributed by atoms with Gasteiger partial charge in [-0.3, -0.25) is 9.88 Å². The highest BCUT2D eigenvalue weighted by atomic mass is 16.5. The molecule has 0 spiro atoms. The molecular formula is C20H27N3O. The predicted octanol–water partition coefficient (Wildman–Crippen LogP) is 2.98. The van der Waals surface area contributed by atoms with E-state index in [1.54, 1.807) is 0 Å². The molecule has 0 bridgehead atoms. The van der Waals surface area contributed by atoms with Gasteiger partial charge in [0.1, 0.15) is 0 Å². The first-order valence-electron chi connectivity index (χ1n) is 8.75. The van der Waals surface area contributed by atoms with Crippen LogP contribution in [0.3, 0.4) is 0 Å². The van der Waals surface area contributed by atoms with Crippen LogP contribution in [0.25, 0.3) is 0 Å². The van der Waals surface area contributed by atoms with Crippen molar-refractivity contribution in [2.24, 2.45) is 0 Å². The van der Waals surface area contributed by atoms with E-state index in [1.807, 2.05) is 18.5 Å². The summed E-state index contributed by atoms with van der Waals surface area (Å²) in [6, 6.07) is 12.8. The fraction of sp³-hybridized carbons (Fsp3) is 0.450. The molecule has 1 N–H and O–H groups in total. The van der Waals surface area contributed by atoms with Crippen molar-refractivity contribution in [2.75, 3.05) is 13.1 Å². The molecule has 0 unspecified atom stereocenters. The van der Waals surface area contributed by atoms with Crippen molar-refractivity contribution in [3.8, 4) is 0 Å². The molecule has 0 aliphatic carbocycles. The summed E-state index contributed by atoms with van der Waals surface area (Å²) in [6.45, 7) is 9.02. The molecular weight excluding hydrogens is 298 g/mol. The third-order valence-electron chi connectivity index (χ3n) is 4.37. The van der Waals surface area contributed by atoms with Gasteiger partial charge in [-0.25, -0.2) is 0 Å². The quantitative estimate of drug-likeness (QED) is 0.886. The summed E-state index contributed by atoms with van der Waals surface area (Å²) in [4.78, 5) is 6.66. The van der Waals surface area contributed by atoms with E-state index in [9.17, 15) is 0 Å². The molecule has 24 heavy (non-hydrogen) atoms. The zero-order chi connectivity index (χ0) is 16.8. The van der Waals surface area contributed by atoms with Crippen molar-refractivity contribution in [3.63, 3.8) is 0 Å². The number of ether oxygens (including phenoxy) is 1. The second-order valence-corrected chi connectivity index (χ2v) is 6.68. The lowest BCUT2D eigenvalue weighted by atomic mass is 10.1. The molecule has 2 aromatic rings. The molecule has 1 aliphatic rings. The summed E-state index contributed by atoms with van der Waals surface area (Å²) < 4.78 is 5.84. The third kappa shape index (κ3) is 4.87. The lowest BCUT2D eigenvalue weighted by molar-refractivity contribution is -0.0705. The number of hydrogen-bond donors (Lipinski definition) is 1. The Morgan fingerprint density at radius 2 is 1.79 bits per heavy atom. The lowest BCUT2D eigenvalue weighted by Crippen LogP contribution is -2.45. The first kappa shape index (κ1) is 17.1. The fourth-order valence-electron chi connectivity index (χ4n) is 3.38. The molecule has 4 nitrogen and oxygen atoms in total. The maximum Gasteiger partial charge on any atom is 0.0678 e. The molecule has 0 radical (unpaired) electrons. The Morgan fingerprint density at radius 3 is 2.50 bits per heavy atom. The van der Waals surface area contributed by atoms with E-state index in [2.05, 4.69) is 59.4 Å². The second kappa shape index (κ2) is 8.38. The Balaban J connectivity index is 1.58. The summed E-state index contributed by atoms with van der Waals surface area (Å²) in [6.07, 6.45) is 4.34. The van der Waals surface area contributed by atoms with Crippen LogP contribution < -0.4 is 5.32 Å². The largest absolute Gasteiger partial charge is 0.373 e. The number of nitrogens with zero attached hydrogens (tertiary/aromatic N) is 2. The summed E-state index contributed by atoms with van der Waals surface area (Å²) in [7, 11) is 0. The number of benzene rings is 1. The Hall–Kier alpha value is -1.75. The second-order valence-electron chi connectivity index (χ2n) is 6.68. The van der Waals surface area contributed by atoms with Gasteiger partial charge in [-0.15, -0.1) is 0 Å². The zero-order valence-electron chi connectivity index (χ0n) is 14.6. The molecule has 0 amide bonds. The van der Waals surface area contributed by atoms with Gasteiger partial charge in [0.2, 0.25) is 0 Å². The molecule has 1 aromatic carbocycles. The molecule has 1 fully saturated rings. The van der Waals surface area contributed by atoms with E-state index in [4.69, 9.17) is 4.74 Å². The van der Waals surface area contributed by atoms with E-state index in [0.29, 0.717) is 12.2 Å². The first-order chi connectivity index (χ1) is 11.7. The maximum absolute atomic E-state index is 5.84. The standard InChI is InChI=1S/C20H27N3O/c1-16-13-23(14-17(2)24-16)15-20-8-4-3-7-19(20)12-22-11-18-6-5-9-21-10-18/h3-10,16-17,22H,11-15H2,1-2H3/t16-,17+. The molecule has 1 aliphatic heterocycles. The molecule has 3 rings (SSSR count). The molecule has 1 aromatic heterocycles. The summed E-state index contributed by atoms with van der Waals surface area (Å²) >= 11 is 0. The number of rotatable bonds is 6. The van der Waals surface area contributed by atoms with E-state index in [1.165, 1.54) is 16.7 Å². The van der Waals surface area contributed by atoms with Crippen molar-refractivity contribution in [1.82, 2.24) is 15.2 Å². The predicted molar refractivity (Wildman–Crippen MR) is 96.5 cm³/mol. The molecule has 4 heteroatoms. The van der Waals surface area contributed by atoms with Crippen molar-refractivity contribution in [2.45, 2.75) is 45.7 Å². The van der Waals surface area contributed by atoms with Gasteiger partial charge in [-0.1, -0.05) is 30.3 Å². The Bertz CT molecular complexity index is 622. The van der Waals surface area contributed by atoms with Gasteiger partial charge in [0.15, 0.2) is 0 Å². The third-order valence-corrected chi connectivity index (χ3v) is 4.37. The fourth-order valence-corrected chi connectivity index (χ4v) is 3.38. The van der Waals surface area contributed by atoms with Crippen LogP contribution in [0.5, 0.6) is 0 Å². The van der Waals surface area contributed by atoms with Crippen LogP contribution in [0.15, 0.2) is 48.8 Å². The van der Waals surface area contributed by atoms with Crippen LogP contribution in [0.4, 0.5) is 0 Å². The van der Waals surface area contributed by atoms with E-state index in [0.717, 1.165) is 32.7 Å². The monoisotopic (exact) mass is 325 g/mol. The summed E-state index contributed by atoms with van der Waals surface area (Å²) in [5.74, 6) is 0. The van der Waals surface area contributed by atoms with Gasteiger partial charge < -0.3 is 10.1 Å². The van der Waals surface area contributed by atoms with Gasteiger partial charge in [0.25, 0.3) is 0 Å². The highest BCUT2D eigenvalue weighted by Crippen LogP contribution is 2.17. The van der Waals surface area contributed by atoms with Crippen molar-refractivity contribution < 1.29 is 4.74 Å². The number of nitrogens with one attached hydrogen (secondary N) is 1. The van der Waals surface area contributed by atoms with E-state index < -0.39 is 0 Å². The molecule has 2 heterocycles. The average Bonchev–Trinajstić information content (AvgIpc) is 2.56. The highest BCUT2D eigenvalue weighted by Gasteiger charge is 2.22. The van der Waals surface area contributed by atoms with Crippen LogP contribution in [-0.4, -0.2) is 35.2 Å². The number of morpholine rings is 1. The van der Waals surface area contributed by atoms with E-state index >= 15 is 0 Å². The van der Waals surface area contributed by atoms with Gasteiger partial charge in [-0.05, 0) is 36.6 Å². The zero-order valence-corrected chi connectivity index (χ0v) is 14.6. The van der Waals surface area contributed by atoms with Gasteiger partial charge in [-0.2, -0.15) is 0 Å². The Kier molecular flexibility index (Phi) is 5.96. The van der Waals surface area contributed by atoms with Gasteiger partial charge in [0.05, 0.1) is 12.2 Å². The van der Waals surface area contributed by atoms with Crippen LogP contribution >= 0.6 is 0 Å². The summed E-state index contributed by atoms with van der Waals surface area (Å²) in [5, 5.41) is 3.53. The van der Waals surface area contributed by atoms with Crippen molar-refractivity contribution in [3.05, 3.63) is 65.5 Å². The van der Waals surface area contributed by atoms with E-state index in [-0.39, 0.29) is 0 Å². The van der Waals surface area contributed by atoms with Crippen LogP contribution in [0.1, 0.15) is 30.5 Å². The highest BCUT2D eigenvalue weighted by molar-refractivity contribution is 5.27. The SMILES string of the molecule is C[C@@H]1CN(Cc2ccccc2CNCc2cccnc2)C[C@H](C)O1. The van der Waals surface area contributed by atoms with Crippen LogP contribution in [-0.2, 0) is 24.4 Å². The average molecular weight is 325 g/mol. The molecule has 2 atom stereocenters. The normalized spacial score (nSPS) is 21.8. The first-order valence-corrected chi connectivity index (χ1v) is 8.75. The minimum atomic E-state index is 0.310. The number of pyridine rings is 1. The topological polar surface area (TPSA) is 37.4 Å². The van der Waals surface area contributed by atoms with Gasteiger partial charge in [0, 0.05) is 45.1 Å². The minimum absolute atomic E-state index is 0.310. The summed E-state index contributed by atoms with van der Waals surface area (Å²) in [5.41, 5.74) is 3.98. The minimum Gasteiger partial charge on any atom is -0.373 e. The van der Waals surface area contributed by atoms with Crippen molar-refractivity contribution >= 4 is 0 Å². The Morgan fingerprint density at radius 1 is 1.04 bits per heavy atom. The van der Waals surface area contributed by atoms with Crippen molar-refractivity contribution in [1.29, 1.82) is 0 Å². The lowest BCUT2D eigenvalue weighted by Gasteiger charge is -2.35. The molecule has 128 valence electrons. The smallest absolute Gasteiger partial charge is 0.0678 e. The molecule has 0 saturated carbocycles. The molecule has 1 saturated heterocycles. The number of aromatic nitrogens is 1.